The van der Waals surface area contributed by atoms with E-state index in [9.17, 15) is 4.21 Å². The van der Waals surface area contributed by atoms with Gasteiger partial charge in [0.15, 0.2) is 0 Å². The van der Waals surface area contributed by atoms with Crippen molar-refractivity contribution in [3.8, 4) is 0 Å². The Morgan fingerprint density at radius 2 is 1.94 bits per heavy atom. The van der Waals surface area contributed by atoms with Gasteiger partial charge in [-0.25, -0.2) is 0 Å². The van der Waals surface area contributed by atoms with E-state index in [0.717, 1.165) is 24.3 Å². The van der Waals surface area contributed by atoms with Gasteiger partial charge in [0.1, 0.15) is 0 Å². The van der Waals surface area contributed by atoms with Crippen LogP contribution >= 0.6 is 0 Å². The quantitative estimate of drug-likeness (QED) is 0.856. The van der Waals surface area contributed by atoms with Crippen molar-refractivity contribution in [1.82, 2.24) is 0 Å². The molecule has 1 aliphatic heterocycles. The zero-order chi connectivity index (χ0) is 11.5. The summed E-state index contributed by atoms with van der Waals surface area (Å²) in [4.78, 5) is 0. The standard InChI is InChI=1S/C13H19NOS/c1-10-4-3-5-13(11(10)2)14-12-6-8-16(15)9-7-12/h3-5,12,14H,6-9H2,1-2H3. The van der Waals surface area contributed by atoms with Crippen molar-refractivity contribution in [2.24, 2.45) is 0 Å². The first kappa shape index (κ1) is 11.6. The molecule has 1 saturated heterocycles. The highest BCUT2D eigenvalue weighted by atomic mass is 32.2. The van der Waals surface area contributed by atoms with Crippen molar-refractivity contribution in [2.75, 3.05) is 16.8 Å². The smallest absolute Gasteiger partial charge is 0.0374 e. The normalized spacial score (nSPS) is 25.4. The predicted octanol–water partition coefficient (Wildman–Crippen LogP) is 2.63. The summed E-state index contributed by atoms with van der Waals surface area (Å²) in [6, 6.07) is 6.86. The first-order valence-corrected chi connectivity index (χ1v) is 7.33. The van der Waals surface area contributed by atoms with Crippen LogP contribution in [0.3, 0.4) is 0 Å². The van der Waals surface area contributed by atoms with Crippen LogP contribution in [-0.4, -0.2) is 21.8 Å². The highest BCUT2D eigenvalue weighted by Crippen LogP contribution is 2.21. The first-order valence-electron chi connectivity index (χ1n) is 5.84. The minimum atomic E-state index is -0.569. The summed E-state index contributed by atoms with van der Waals surface area (Å²) in [7, 11) is -0.569. The number of aryl methyl sites for hydroxylation is 1. The Bertz CT molecular complexity index is 393. The molecular weight excluding hydrogens is 218 g/mol. The summed E-state index contributed by atoms with van der Waals surface area (Å²) in [6.07, 6.45) is 2.06. The zero-order valence-electron chi connectivity index (χ0n) is 9.95. The van der Waals surface area contributed by atoms with Crippen LogP contribution < -0.4 is 5.32 Å². The molecule has 3 heteroatoms. The van der Waals surface area contributed by atoms with Crippen LogP contribution in [0.1, 0.15) is 24.0 Å². The lowest BCUT2D eigenvalue weighted by molar-refractivity contribution is 0.624. The van der Waals surface area contributed by atoms with Crippen LogP contribution in [0.25, 0.3) is 0 Å². The molecule has 0 unspecified atom stereocenters. The lowest BCUT2D eigenvalue weighted by Gasteiger charge is -2.24. The molecule has 0 radical (unpaired) electrons. The van der Waals surface area contributed by atoms with Gasteiger partial charge in [0.05, 0.1) is 0 Å². The van der Waals surface area contributed by atoms with Gasteiger partial charge in [-0.15, -0.1) is 0 Å². The van der Waals surface area contributed by atoms with Crippen LogP contribution in [0.4, 0.5) is 5.69 Å². The largest absolute Gasteiger partial charge is 0.382 e. The van der Waals surface area contributed by atoms with Gasteiger partial charge in [0, 0.05) is 34.0 Å². The van der Waals surface area contributed by atoms with Crippen molar-refractivity contribution in [3.63, 3.8) is 0 Å². The minimum Gasteiger partial charge on any atom is -0.382 e. The Kier molecular flexibility index (Phi) is 3.64. The van der Waals surface area contributed by atoms with E-state index < -0.39 is 10.8 Å². The number of rotatable bonds is 2. The molecule has 2 nitrogen and oxygen atoms in total. The first-order chi connectivity index (χ1) is 7.66. The molecule has 0 amide bonds. The van der Waals surface area contributed by atoms with Gasteiger partial charge in [-0.1, -0.05) is 12.1 Å². The van der Waals surface area contributed by atoms with Gasteiger partial charge in [-0.3, -0.25) is 4.21 Å². The monoisotopic (exact) mass is 237 g/mol. The van der Waals surface area contributed by atoms with Gasteiger partial charge in [-0.05, 0) is 43.9 Å². The second-order valence-corrected chi connectivity index (χ2v) is 6.21. The number of anilines is 1. The third kappa shape index (κ3) is 2.64. The third-order valence-electron chi connectivity index (χ3n) is 3.35. The van der Waals surface area contributed by atoms with Crippen molar-refractivity contribution in [3.05, 3.63) is 29.3 Å². The third-order valence-corrected chi connectivity index (χ3v) is 4.73. The molecule has 1 fully saturated rings. The Balaban J connectivity index is 2.04. The lowest BCUT2D eigenvalue weighted by atomic mass is 10.1. The van der Waals surface area contributed by atoms with E-state index in [1.807, 2.05) is 0 Å². The maximum absolute atomic E-state index is 11.3. The van der Waals surface area contributed by atoms with E-state index in [0.29, 0.717) is 6.04 Å². The van der Waals surface area contributed by atoms with E-state index in [1.165, 1.54) is 16.8 Å². The molecule has 1 aliphatic rings. The molecule has 88 valence electrons. The van der Waals surface area contributed by atoms with Crippen molar-refractivity contribution >= 4 is 16.5 Å². The maximum Gasteiger partial charge on any atom is 0.0374 e. The van der Waals surface area contributed by atoms with Crippen LogP contribution in [0.15, 0.2) is 18.2 Å². The number of nitrogens with one attached hydrogen (secondary N) is 1. The van der Waals surface area contributed by atoms with Gasteiger partial charge >= 0.3 is 0 Å². The summed E-state index contributed by atoms with van der Waals surface area (Å²) < 4.78 is 11.3. The molecule has 1 N–H and O–H groups in total. The Hall–Kier alpha value is -0.830. The number of benzene rings is 1. The molecule has 0 atom stereocenters. The van der Waals surface area contributed by atoms with E-state index in [2.05, 4.69) is 37.4 Å². The summed E-state index contributed by atoms with van der Waals surface area (Å²) in [5, 5.41) is 3.58. The van der Waals surface area contributed by atoms with Crippen LogP contribution in [0.5, 0.6) is 0 Å². The summed E-state index contributed by atoms with van der Waals surface area (Å²) >= 11 is 0. The van der Waals surface area contributed by atoms with E-state index in [-0.39, 0.29) is 0 Å². The van der Waals surface area contributed by atoms with E-state index in [1.54, 1.807) is 0 Å². The fraction of sp³-hybridized carbons (Fsp3) is 0.538. The minimum absolute atomic E-state index is 0.498. The number of hydrogen-bond acceptors (Lipinski definition) is 2. The Labute approximate surface area is 99.9 Å². The Morgan fingerprint density at radius 3 is 2.62 bits per heavy atom. The fourth-order valence-corrected chi connectivity index (χ4v) is 3.36. The molecule has 16 heavy (non-hydrogen) atoms. The van der Waals surface area contributed by atoms with Crippen LogP contribution in [0.2, 0.25) is 0 Å². The van der Waals surface area contributed by atoms with Crippen molar-refractivity contribution in [2.45, 2.75) is 32.7 Å². The molecular formula is C13H19NOS. The molecule has 1 heterocycles. The highest BCUT2D eigenvalue weighted by Gasteiger charge is 2.17. The molecule has 2 rings (SSSR count). The molecule has 0 spiro atoms. The van der Waals surface area contributed by atoms with Crippen molar-refractivity contribution in [1.29, 1.82) is 0 Å². The fourth-order valence-electron chi connectivity index (χ4n) is 2.07. The molecule has 0 bridgehead atoms. The summed E-state index contributed by atoms with van der Waals surface area (Å²) in [6.45, 7) is 4.29. The maximum atomic E-state index is 11.3. The average molecular weight is 237 g/mol. The van der Waals surface area contributed by atoms with Gasteiger partial charge in [-0.2, -0.15) is 0 Å². The molecule has 1 aromatic rings. The van der Waals surface area contributed by atoms with Gasteiger partial charge in [0.2, 0.25) is 0 Å². The van der Waals surface area contributed by atoms with E-state index >= 15 is 0 Å². The predicted molar refractivity (Wildman–Crippen MR) is 70.4 cm³/mol. The topological polar surface area (TPSA) is 29.1 Å². The highest BCUT2D eigenvalue weighted by molar-refractivity contribution is 7.85. The lowest BCUT2D eigenvalue weighted by Crippen LogP contribution is -2.29. The summed E-state index contributed by atoms with van der Waals surface area (Å²) in [5.74, 6) is 1.70. The zero-order valence-corrected chi connectivity index (χ0v) is 10.8. The molecule has 0 aromatic heterocycles. The van der Waals surface area contributed by atoms with Gasteiger partial charge in [0.25, 0.3) is 0 Å². The second kappa shape index (κ2) is 5.00. The SMILES string of the molecule is Cc1cccc(NC2CCS(=O)CC2)c1C. The summed E-state index contributed by atoms with van der Waals surface area (Å²) in [5.41, 5.74) is 3.89. The molecule has 0 saturated carbocycles. The van der Waals surface area contributed by atoms with Crippen molar-refractivity contribution < 1.29 is 4.21 Å². The second-order valence-electron chi connectivity index (χ2n) is 4.51. The van der Waals surface area contributed by atoms with Gasteiger partial charge < -0.3 is 5.32 Å². The van der Waals surface area contributed by atoms with Crippen LogP contribution in [0, 0.1) is 13.8 Å². The molecule has 0 aliphatic carbocycles. The van der Waals surface area contributed by atoms with E-state index in [4.69, 9.17) is 0 Å². The number of hydrogen-bond donors (Lipinski definition) is 1. The molecule has 1 aromatic carbocycles. The average Bonchev–Trinajstić information content (AvgIpc) is 2.28. The van der Waals surface area contributed by atoms with Crippen LogP contribution in [-0.2, 0) is 10.8 Å². The Morgan fingerprint density at radius 1 is 1.25 bits per heavy atom.